The van der Waals surface area contributed by atoms with Crippen molar-refractivity contribution in [1.29, 1.82) is 0 Å². The lowest BCUT2D eigenvalue weighted by atomic mass is 10.2. The molecule has 0 aliphatic rings. The third-order valence-corrected chi connectivity index (χ3v) is 4.82. The van der Waals surface area contributed by atoms with E-state index in [9.17, 15) is 14.4 Å². The second kappa shape index (κ2) is 7.23. The van der Waals surface area contributed by atoms with Crippen LogP contribution in [0.1, 0.15) is 16.2 Å². The number of nitrogens with one attached hydrogen (secondary N) is 1. The van der Waals surface area contributed by atoms with Crippen molar-refractivity contribution in [3.63, 3.8) is 0 Å². The van der Waals surface area contributed by atoms with E-state index in [-0.39, 0.29) is 16.7 Å². The Kier molecular flexibility index (Phi) is 4.70. The first-order chi connectivity index (χ1) is 14.3. The standard InChI is InChI=1S/C19H16ClN7O3/c1-10-15(24-27(23-10)13-6-4-5-11(20)7-13)17(28)22-12-8-14-16(21-9-12)25(2)19(30)26(3)18(14)29/h4-9H,1-3H3,(H,22,28). The number of benzene rings is 1. The summed E-state index contributed by atoms with van der Waals surface area (Å²) < 4.78 is 2.25. The van der Waals surface area contributed by atoms with E-state index in [1.165, 1.54) is 35.7 Å². The van der Waals surface area contributed by atoms with Crippen LogP contribution in [0.4, 0.5) is 5.69 Å². The van der Waals surface area contributed by atoms with Crippen LogP contribution >= 0.6 is 11.6 Å². The lowest BCUT2D eigenvalue weighted by Gasteiger charge is -2.08. The number of carbonyl (C=O) groups is 1. The van der Waals surface area contributed by atoms with E-state index in [1.807, 2.05) is 0 Å². The molecule has 0 aliphatic carbocycles. The molecule has 0 atom stereocenters. The van der Waals surface area contributed by atoms with Gasteiger partial charge in [-0.1, -0.05) is 17.7 Å². The van der Waals surface area contributed by atoms with E-state index in [0.29, 0.717) is 22.1 Å². The number of pyridine rings is 1. The number of rotatable bonds is 3. The van der Waals surface area contributed by atoms with Crippen molar-refractivity contribution in [3.8, 4) is 5.69 Å². The minimum atomic E-state index is -0.511. The summed E-state index contributed by atoms with van der Waals surface area (Å²) in [5.74, 6) is -0.511. The number of halogens is 1. The monoisotopic (exact) mass is 425 g/mol. The lowest BCUT2D eigenvalue weighted by molar-refractivity contribution is 0.102. The quantitative estimate of drug-likeness (QED) is 0.530. The van der Waals surface area contributed by atoms with Gasteiger partial charge in [0.15, 0.2) is 5.69 Å². The maximum absolute atomic E-state index is 12.7. The summed E-state index contributed by atoms with van der Waals surface area (Å²) in [5.41, 5.74) is 0.679. The van der Waals surface area contributed by atoms with Gasteiger partial charge in [-0.2, -0.15) is 9.90 Å². The first-order valence-electron chi connectivity index (χ1n) is 8.83. The predicted octanol–water partition coefficient (Wildman–Crippen LogP) is 1.43. The molecule has 0 saturated carbocycles. The second-order valence-corrected chi connectivity index (χ2v) is 7.09. The molecule has 30 heavy (non-hydrogen) atoms. The Labute approximate surface area is 174 Å². The van der Waals surface area contributed by atoms with Crippen molar-refractivity contribution < 1.29 is 4.79 Å². The summed E-state index contributed by atoms with van der Waals surface area (Å²) in [7, 11) is 2.90. The van der Waals surface area contributed by atoms with Crippen molar-refractivity contribution in [1.82, 2.24) is 29.1 Å². The van der Waals surface area contributed by atoms with E-state index < -0.39 is 17.2 Å². The Bertz CT molecular complexity index is 1430. The lowest BCUT2D eigenvalue weighted by Crippen LogP contribution is -2.37. The highest BCUT2D eigenvalue weighted by atomic mass is 35.5. The predicted molar refractivity (Wildman–Crippen MR) is 111 cm³/mol. The first kappa shape index (κ1) is 19.5. The summed E-state index contributed by atoms with van der Waals surface area (Å²) in [6.45, 7) is 1.66. The summed E-state index contributed by atoms with van der Waals surface area (Å²) in [5, 5.41) is 11.9. The van der Waals surface area contributed by atoms with Gasteiger partial charge in [-0.15, -0.1) is 5.10 Å². The van der Waals surface area contributed by atoms with Gasteiger partial charge in [-0.05, 0) is 31.2 Å². The second-order valence-electron chi connectivity index (χ2n) is 6.66. The molecule has 4 aromatic rings. The molecule has 152 valence electrons. The number of anilines is 1. The number of hydrogen-bond donors (Lipinski definition) is 1. The molecule has 0 fully saturated rings. The highest BCUT2D eigenvalue weighted by molar-refractivity contribution is 6.30. The van der Waals surface area contributed by atoms with Gasteiger partial charge in [0.25, 0.3) is 11.5 Å². The number of carbonyl (C=O) groups excluding carboxylic acids is 1. The molecule has 1 N–H and O–H groups in total. The number of amides is 1. The van der Waals surface area contributed by atoms with Crippen LogP contribution in [-0.2, 0) is 14.1 Å². The van der Waals surface area contributed by atoms with Gasteiger partial charge in [-0.3, -0.25) is 18.7 Å². The molecule has 0 spiro atoms. The van der Waals surface area contributed by atoms with Crippen molar-refractivity contribution in [2.45, 2.75) is 6.92 Å². The van der Waals surface area contributed by atoms with Crippen LogP contribution in [0.5, 0.6) is 0 Å². The fourth-order valence-electron chi connectivity index (χ4n) is 3.03. The molecule has 11 heteroatoms. The summed E-state index contributed by atoms with van der Waals surface area (Å²) in [4.78, 5) is 42.6. The van der Waals surface area contributed by atoms with Gasteiger partial charge in [0.2, 0.25) is 0 Å². The van der Waals surface area contributed by atoms with E-state index in [0.717, 1.165) is 4.57 Å². The Morgan fingerprint density at radius 2 is 1.87 bits per heavy atom. The molecule has 0 aliphatic heterocycles. The molecule has 4 rings (SSSR count). The Balaban J connectivity index is 1.69. The summed E-state index contributed by atoms with van der Waals surface area (Å²) >= 11 is 6.00. The van der Waals surface area contributed by atoms with Gasteiger partial charge >= 0.3 is 5.69 Å². The van der Waals surface area contributed by atoms with Crippen LogP contribution in [-0.4, -0.2) is 35.0 Å². The van der Waals surface area contributed by atoms with Crippen molar-refractivity contribution in [3.05, 3.63) is 73.8 Å². The molecule has 0 radical (unpaired) electrons. The topological polar surface area (TPSA) is 117 Å². The van der Waals surface area contributed by atoms with Gasteiger partial charge < -0.3 is 5.32 Å². The van der Waals surface area contributed by atoms with Crippen LogP contribution in [0.25, 0.3) is 16.7 Å². The number of fused-ring (bicyclic) bond motifs is 1. The zero-order valence-corrected chi connectivity index (χ0v) is 17.0. The fourth-order valence-corrected chi connectivity index (χ4v) is 3.21. The number of aromatic nitrogens is 6. The fraction of sp³-hybridized carbons (Fsp3) is 0.158. The molecule has 1 amide bonds. The maximum atomic E-state index is 12.7. The highest BCUT2D eigenvalue weighted by Crippen LogP contribution is 2.16. The van der Waals surface area contributed by atoms with Gasteiger partial charge in [0, 0.05) is 19.1 Å². The molecule has 3 aromatic heterocycles. The molecule has 0 bridgehead atoms. The molecular weight excluding hydrogens is 410 g/mol. The Morgan fingerprint density at radius 1 is 1.10 bits per heavy atom. The largest absolute Gasteiger partial charge is 0.332 e. The van der Waals surface area contributed by atoms with Crippen LogP contribution in [0.3, 0.4) is 0 Å². The van der Waals surface area contributed by atoms with Crippen molar-refractivity contribution in [2.24, 2.45) is 14.1 Å². The minimum absolute atomic E-state index is 0.114. The summed E-state index contributed by atoms with van der Waals surface area (Å²) in [6.07, 6.45) is 1.37. The molecule has 0 unspecified atom stereocenters. The van der Waals surface area contributed by atoms with Crippen molar-refractivity contribution >= 4 is 34.2 Å². The third kappa shape index (κ3) is 3.26. The highest BCUT2D eigenvalue weighted by Gasteiger charge is 2.18. The number of nitrogens with zero attached hydrogens (tertiary/aromatic N) is 6. The van der Waals surface area contributed by atoms with Crippen LogP contribution < -0.4 is 16.6 Å². The average Bonchev–Trinajstić information content (AvgIpc) is 3.12. The average molecular weight is 426 g/mol. The van der Waals surface area contributed by atoms with Crippen molar-refractivity contribution in [2.75, 3.05) is 5.32 Å². The smallest absolute Gasteiger partial charge is 0.319 e. The van der Waals surface area contributed by atoms with Crippen LogP contribution in [0, 0.1) is 6.92 Å². The van der Waals surface area contributed by atoms with Gasteiger partial charge in [0.1, 0.15) is 5.65 Å². The van der Waals surface area contributed by atoms with Crippen LogP contribution in [0.2, 0.25) is 5.02 Å². The number of aryl methyl sites for hydroxylation is 2. The molecule has 10 nitrogen and oxygen atoms in total. The van der Waals surface area contributed by atoms with E-state index in [4.69, 9.17) is 11.6 Å². The molecular formula is C19H16ClN7O3. The zero-order chi connectivity index (χ0) is 21.6. The normalized spacial score (nSPS) is 11.1. The number of hydrogen-bond acceptors (Lipinski definition) is 6. The summed E-state index contributed by atoms with van der Waals surface area (Å²) in [6, 6.07) is 8.39. The SMILES string of the molecule is Cc1nn(-c2cccc(Cl)c2)nc1C(=O)Nc1cnc2c(c1)c(=O)n(C)c(=O)n2C. The third-order valence-electron chi connectivity index (χ3n) is 4.59. The van der Waals surface area contributed by atoms with Gasteiger partial charge in [-0.25, -0.2) is 9.78 Å². The van der Waals surface area contributed by atoms with E-state index in [2.05, 4.69) is 20.5 Å². The first-order valence-corrected chi connectivity index (χ1v) is 9.21. The zero-order valence-electron chi connectivity index (χ0n) is 16.3. The molecule has 1 aromatic carbocycles. The van der Waals surface area contributed by atoms with Gasteiger partial charge in [0.05, 0.1) is 28.7 Å². The maximum Gasteiger partial charge on any atom is 0.332 e. The molecule has 0 saturated heterocycles. The Morgan fingerprint density at radius 3 is 2.60 bits per heavy atom. The van der Waals surface area contributed by atoms with Crippen LogP contribution in [0.15, 0.2) is 46.1 Å². The minimum Gasteiger partial charge on any atom is -0.319 e. The Hall–Kier alpha value is -3.79. The van der Waals surface area contributed by atoms with E-state index >= 15 is 0 Å². The molecule has 3 heterocycles. The van der Waals surface area contributed by atoms with E-state index in [1.54, 1.807) is 31.2 Å².